The molecule has 0 aromatic heterocycles. The molecule has 3 heteroatoms. The highest BCUT2D eigenvalue weighted by molar-refractivity contribution is 9.10. The van der Waals surface area contributed by atoms with Crippen molar-refractivity contribution in [3.63, 3.8) is 0 Å². The maximum absolute atomic E-state index is 6.25. The van der Waals surface area contributed by atoms with E-state index in [1.807, 2.05) is 0 Å². The zero-order valence-electron chi connectivity index (χ0n) is 13.0. The SMILES string of the molecule is CN(Cc1cccc(Br)c1)C1(CN)CCCCC1(C)C. The van der Waals surface area contributed by atoms with E-state index in [0.29, 0.717) is 0 Å². The van der Waals surface area contributed by atoms with E-state index >= 15 is 0 Å². The average molecular weight is 339 g/mol. The molecule has 0 spiro atoms. The van der Waals surface area contributed by atoms with Crippen LogP contribution < -0.4 is 5.73 Å². The van der Waals surface area contributed by atoms with Crippen molar-refractivity contribution in [2.24, 2.45) is 11.1 Å². The second-order valence-corrected chi connectivity index (χ2v) is 7.73. The Labute approximate surface area is 131 Å². The minimum absolute atomic E-state index is 0.119. The van der Waals surface area contributed by atoms with E-state index in [9.17, 15) is 0 Å². The van der Waals surface area contributed by atoms with Crippen LogP contribution in [0.5, 0.6) is 0 Å². The molecule has 2 rings (SSSR count). The lowest BCUT2D eigenvalue weighted by molar-refractivity contribution is -0.0334. The molecule has 0 saturated heterocycles. The molecule has 1 aromatic carbocycles. The highest BCUT2D eigenvalue weighted by Crippen LogP contribution is 2.46. The van der Waals surface area contributed by atoms with E-state index < -0.39 is 0 Å². The van der Waals surface area contributed by atoms with Gasteiger partial charge in [0.25, 0.3) is 0 Å². The maximum Gasteiger partial charge on any atom is 0.0383 e. The third kappa shape index (κ3) is 2.95. The number of hydrogen-bond donors (Lipinski definition) is 1. The molecule has 1 aliphatic carbocycles. The van der Waals surface area contributed by atoms with Gasteiger partial charge in [-0.25, -0.2) is 0 Å². The van der Waals surface area contributed by atoms with Gasteiger partial charge < -0.3 is 5.73 Å². The predicted octanol–water partition coefficient (Wildman–Crippen LogP) is 4.18. The minimum atomic E-state index is 0.119. The largest absolute Gasteiger partial charge is 0.329 e. The summed E-state index contributed by atoms with van der Waals surface area (Å²) in [4.78, 5) is 2.49. The van der Waals surface area contributed by atoms with Gasteiger partial charge in [0.2, 0.25) is 0 Å². The first-order valence-corrected chi connectivity index (χ1v) is 8.36. The number of nitrogens with zero attached hydrogens (tertiary/aromatic N) is 1. The Kier molecular flexibility index (Phi) is 4.93. The molecular weight excluding hydrogens is 312 g/mol. The van der Waals surface area contributed by atoms with Crippen LogP contribution in [0.2, 0.25) is 0 Å². The van der Waals surface area contributed by atoms with Crippen LogP contribution in [-0.4, -0.2) is 24.0 Å². The van der Waals surface area contributed by atoms with E-state index in [1.165, 1.54) is 31.2 Å². The fourth-order valence-electron chi connectivity index (χ4n) is 3.86. The van der Waals surface area contributed by atoms with E-state index in [2.05, 4.69) is 66.0 Å². The number of nitrogens with two attached hydrogens (primary N) is 1. The van der Waals surface area contributed by atoms with Crippen LogP contribution in [0.15, 0.2) is 28.7 Å². The number of rotatable bonds is 4. The average Bonchev–Trinajstić information content (AvgIpc) is 2.38. The third-order valence-corrected chi connectivity index (χ3v) is 5.77. The fourth-order valence-corrected chi connectivity index (χ4v) is 4.30. The standard InChI is InChI=1S/C17H27BrN2/c1-16(2)9-4-5-10-17(16,13-19)20(3)12-14-7-6-8-15(18)11-14/h6-8,11H,4-5,9-10,12-13,19H2,1-3H3. The van der Waals surface area contributed by atoms with Crippen molar-refractivity contribution in [1.29, 1.82) is 0 Å². The Morgan fingerprint density at radius 2 is 1.95 bits per heavy atom. The first-order chi connectivity index (χ1) is 9.41. The van der Waals surface area contributed by atoms with Crippen molar-refractivity contribution in [3.05, 3.63) is 34.3 Å². The molecular formula is C17H27BrN2. The van der Waals surface area contributed by atoms with Gasteiger partial charge in [-0.15, -0.1) is 0 Å². The molecule has 20 heavy (non-hydrogen) atoms. The number of benzene rings is 1. The third-order valence-electron chi connectivity index (χ3n) is 5.28. The van der Waals surface area contributed by atoms with Gasteiger partial charge in [-0.1, -0.05) is 54.8 Å². The molecule has 1 atom stereocenters. The summed E-state index contributed by atoms with van der Waals surface area (Å²) in [6.45, 7) is 6.47. The molecule has 1 aliphatic rings. The number of likely N-dealkylation sites (N-methyl/N-ethyl adjacent to an activating group) is 1. The summed E-state index contributed by atoms with van der Waals surface area (Å²) in [5.74, 6) is 0. The van der Waals surface area contributed by atoms with Crippen LogP contribution in [0.3, 0.4) is 0 Å². The molecule has 1 unspecified atom stereocenters. The zero-order valence-corrected chi connectivity index (χ0v) is 14.5. The van der Waals surface area contributed by atoms with Gasteiger partial charge in [0.1, 0.15) is 0 Å². The minimum Gasteiger partial charge on any atom is -0.329 e. The summed E-state index contributed by atoms with van der Waals surface area (Å²) in [6.07, 6.45) is 5.11. The van der Waals surface area contributed by atoms with Gasteiger partial charge in [0.05, 0.1) is 0 Å². The van der Waals surface area contributed by atoms with Crippen LogP contribution in [0.25, 0.3) is 0 Å². The molecule has 0 bridgehead atoms. The molecule has 2 N–H and O–H groups in total. The molecule has 2 nitrogen and oxygen atoms in total. The lowest BCUT2D eigenvalue weighted by Crippen LogP contribution is -2.62. The predicted molar refractivity (Wildman–Crippen MR) is 89.6 cm³/mol. The highest BCUT2D eigenvalue weighted by Gasteiger charge is 2.48. The molecule has 112 valence electrons. The fraction of sp³-hybridized carbons (Fsp3) is 0.647. The van der Waals surface area contributed by atoms with E-state index in [-0.39, 0.29) is 11.0 Å². The van der Waals surface area contributed by atoms with Crippen molar-refractivity contribution in [2.75, 3.05) is 13.6 Å². The van der Waals surface area contributed by atoms with E-state index in [1.54, 1.807) is 0 Å². The van der Waals surface area contributed by atoms with Gasteiger partial charge in [0, 0.05) is 23.1 Å². The Hall–Kier alpha value is -0.380. The van der Waals surface area contributed by atoms with Crippen LogP contribution >= 0.6 is 15.9 Å². The molecule has 1 saturated carbocycles. The summed E-state index contributed by atoms with van der Waals surface area (Å²) in [5.41, 5.74) is 7.99. The maximum atomic E-state index is 6.25. The van der Waals surface area contributed by atoms with Gasteiger partial charge in [-0.2, -0.15) is 0 Å². The Bertz CT molecular complexity index is 458. The molecule has 0 amide bonds. The summed E-state index contributed by atoms with van der Waals surface area (Å²) >= 11 is 3.56. The summed E-state index contributed by atoms with van der Waals surface area (Å²) < 4.78 is 1.15. The molecule has 0 radical (unpaired) electrons. The van der Waals surface area contributed by atoms with Crippen LogP contribution in [0, 0.1) is 5.41 Å². The Morgan fingerprint density at radius 1 is 1.25 bits per heavy atom. The Morgan fingerprint density at radius 3 is 2.55 bits per heavy atom. The summed E-state index contributed by atoms with van der Waals surface area (Å²) in [6, 6.07) is 8.58. The van der Waals surface area contributed by atoms with Gasteiger partial charge in [-0.05, 0) is 43.0 Å². The first-order valence-electron chi connectivity index (χ1n) is 7.57. The van der Waals surface area contributed by atoms with Crippen molar-refractivity contribution in [3.8, 4) is 0 Å². The molecule has 1 fully saturated rings. The van der Waals surface area contributed by atoms with E-state index in [0.717, 1.165) is 17.6 Å². The Balaban J connectivity index is 2.22. The second-order valence-electron chi connectivity index (χ2n) is 6.81. The normalized spacial score (nSPS) is 25.9. The van der Waals surface area contributed by atoms with Crippen molar-refractivity contribution >= 4 is 15.9 Å². The van der Waals surface area contributed by atoms with Crippen molar-refractivity contribution < 1.29 is 0 Å². The summed E-state index contributed by atoms with van der Waals surface area (Å²) in [5, 5.41) is 0. The van der Waals surface area contributed by atoms with Crippen LogP contribution in [0.1, 0.15) is 45.1 Å². The van der Waals surface area contributed by atoms with Crippen LogP contribution in [0.4, 0.5) is 0 Å². The molecule has 0 aliphatic heterocycles. The quantitative estimate of drug-likeness (QED) is 0.892. The highest BCUT2D eigenvalue weighted by atomic mass is 79.9. The van der Waals surface area contributed by atoms with Gasteiger partial charge in [0.15, 0.2) is 0 Å². The first kappa shape index (κ1) is 16.0. The number of halogens is 1. The van der Waals surface area contributed by atoms with E-state index in [4.69, 9.17) is 5.73 Å². The monoisotopic (exact) mass is 338 g/mol. The van der Waals surface area contributed by atoms with Gasteiger partial charge >= 0.3 is 0 Å². The summed E-state index contributed by atoms with van der Waals surface area (Å²) in [7, 11) is 2.24. The van der Waals surface area contributed by atoms with Gasteiger partial charge in [-0.3, -0.25) is 4.90 Å². The molecule has 1 aromatic rings. The van der Waals surface area contributed by atoms with Crippen molar-refractivity contribution in [1.82, 2.24) is 4.90 Å². The van der Waals surface area contributed by atoms with Crippen molar-refractivity contribution in [2.45, 2.75) is 51.6 Å². The number of hydrogen-bond acceptors (Lipinski definition) is 2. The molecule has 0 heterocycles. The second kappa shape index (κ2) is 6.17. The van der Waals surface area contributed by atoms with Crippen LogP contribution in [-0.2, 0) is 6.54 Å². The smallest absolute Gasteiger partial charge is 0.0383 e. The lowest BCUT2D eigenvalue weighted by atomic mass is 9.62. The topological polar surface area (TPSA) is 29.3 Å². The zero-order chi connectivity index (χ0) is 14.8. The lowest BCUT2D eigenvalue weighted by Gasteiger charge is -2.55.